The summed E-state index contributed by atoms with van der Waals surface area (Å²) >= 11 is 3.40. The summed E-state index contributed by atoms with van der Waals surface area (Å²) in [6, 6.07) is 7.73. The van der Waals surface area contributed by atoms with Crippen molar-refractivity contribution in [3.63, 3.8) is 0 Å². The van der Waals surface area contributed by atoms with Crippen molar-refractivity contribution in [2.75, 3.05) is 26.4 Å². The van der Waals surface area contributed by atoms with Gasteiger partial charge in [0, 0.05) is 22.1 Å². The average molecular weight is 414 g/mol. The van der Waals surface area contributed by atoms with E-state index in [1.165, 1.54) is 19.3 Å². The number of ether oxygens (including phenoxy) is 2. The number of rotatable bonds is 8. The van der Waals surface area contributed by atoms with E-state index < -0.39 is 6.10 Å². The summed E-state index contributed by atoms with van der Waals surface area (Å²) in [5.74, 6) is 0.823. The van der Waals surface area contributed by atoms with Gasteiger partial charge in [0.25, 0.3) is 0 Å². The van der Waals surface area contributed by atoms with Gasteiger partial charge in [-0.15, -0.1) is 0 Å². The van der Waals surface area contributed by atoms with E-state index in [1.807, 2.05) is 24.3 Å². The van der Waals surface area contributed by atoms with Crippen LogP contribution < -0.4 is 4.74 Å². The molecule has 1 fully saturated rings. The minimum absolute atomic E-state index is 0.118. The maximum Gasteiger partial charge on any atom is 0.119 e. The van der Waals surface area contributed by atoms with Crippen molar-refractivity contribution in [3.05, 3.63) is 28.7 Å². The van der Waals surface area contributed by atoms with E-state index in [2.05, 4.69) is 48.5 Å². The predicted octanol–water partition coefficient (Wildman–Crippen LogP) is 4.25. The molecule has 0 aliphatic carbocycles. The molecule has 1 saturated heterocycles. The largest absolute Gasteiger partial charge is 0.491 e. The third-order valence-corrected chi connectivity index (χ3v) is 5.58. The standard InChI is InChI=1S/C20H32BrNO3/c1-19(2)10-5-11-20(3,4)22(19)14-17(23)15-24-12-13-25-18-8-6-16(21)7-9-18/h6-9,17,23H,5,10-15H2,1-4H3/t17-/m0/s1. The third kappa shape index (κ3) is 6.24. The maximum absolute atomic E-state index is 10.4. The van der Waals surface area contributed by atoms with Gasteiger partial charge < -0.3 is 14.6 Å². The molecule has 1 aliphatic heterocycles. The highest BCUT2D eigenvalue weighted by atomic mass is 79.9. The van der Waals surface area contributed by atoms with Crippen molar-refractivity contribution in [2.45, 2.75) is 64.1 Å². The number of aliphatic hydroxyl groups excluding tert-OH is 1. The second-order valence-corrected chi connectivity index (χ2v) is 9.04. The molecule has 5 heteroatoms. The molecule has 4 nitrogen and oxygen atoms in total. The van der Waals surface area contributed by atoms with Gasteiger partial charge in [0.15, 0.2) is 0 Å². The smallest absolute Gasteiger partial charge is 0.119 e. The van der Waals surface area contributed by atoms with Crippen molar-refractivity contribution in [2.24, 2.45) is 0 Å². The van der Waals surface area contributed by atoms with Crippen LogP contribution in [-0.4, -0.2) is 53.6 Å². The molecule has 142 valence electrons. The summed E-state index contributed by atoms with van der Waals surface area (Å²) in [4.78, 5) is 2.44. The van der Waals surface area contributed by atoms with Crippen molar-refractivity contribution in [1.82, 2.24) is 4.90 Å². The minimum Gasteiger partial charge on any atom is -0.491 e. The number of benzene rings is 1. The second-order valence-electron chi connectivity index (χ2n) is 8.12. The topological polar surface area (TPSA) is 41.9 Å². The fraction of sp³-hybridized carbons (Fsp3) is 0.700. The molecule has 0 radical (unpaired) electrons. The first-order valence-electron chi connectivity index (χ1n) is 9.13. The van der Waals surface area contributed by atoms with E-state index in [9.17, 15) is 5.11 Å². The molecular formula is C20H32BrNO3. The third-order valence-electron chi connectivity index (χ3n) is 5.05. The summed E-state index contributed by atoms with van der Waals surface area (Å²) in [5, 5.41) is 10.4. The van der Waals surface area contributed by atoms with Crippen LogP contribution in [0.2, 0.25) is 0 Å². The zero-order valence-corrected chi connectivity index (χ0v) is 17.5. The molecule has 2 rings (SSSR count). The Bertz CT molecular complexity index is 514. The zero-order chi connectivity index (χ0) is 18.5. The van der Waals surface area contributed by atoms with Crippen LogP contribution in [0.15, 0.2) is 28.7 Å². The number of hydrogen-bond acceptors (Lipinski definition) is 4. The zero-order valence-electron chi connectivity index (χ0n) is 15.9. The van der Waals surface area contributed by atoms with Crippen LogP contribution >= 0.6 is 15.9 Å². The Hall–Kier alpha value is -0.620. The van der Waals surface area contributed by atoms with Crippen molar-refractivity contribution in [1.29, 1.82) is 0 Å². The van der Waals surface area contributed by atoms with Gasteiger partial charge in [-0.3, -0.25) is 4.90 Å². The number of likely N-dealkylation sites (tertiary alicyclic amines) is 1. The fourth-order valence-electron chi connectivity index (χ4n) is 3.77. The Balaban J connectivity index is 1.69. The minimum atomic E-state index is -0.482. The Labute approximate surface area is 160 Å². The first-order valence-corrected chi connectivity index (χ1v) is 9.92. The Morgan fingerprint density at radius 3 is 2.28 bits per heavy atom. The summed E-state index contributed by atoms with van der Waals surface area (Å²) in [6.07, 6.45) is 3.11. The van der Waals surface area contributed by atoms with Gasteiger partial charge in [-0.1, -0.05) is 15.9 Å². The molecule has 0 saturated carbocycles. The highest BCUT2D eigenvalue weighted by Crippen LogP contribution is 2.38. The van der Waals surface area contributed by atoms with E-state index in [-0.39, 0.29) is 11.1 Å². The summed E-state index contributed by atoms with van der Waals surface area (Å²) in [6.45, 7) is 11.0. The van der Waals surface area contributed by atoms with Crippen LogP contribution in [0.25, 0.3) is 0 Å². The average Bonchev–Trinajstić information content (AvgIpc) is 2.52. The van der Waals surface area contributed by atoms with E-state index in [0.29, 0.717) is 26.4 Å². The van der Waals surface area contributed by atoms with E-state index in [4.69, 9.17) is 9.47 Å². The van der Waals surface area contributed by atoms with Gasteiger partial charge in [0.2, 0.25) is 0 Å². The summed E-state index contributed by atoms with van der Waals surface area (Å²) in [5.41, 5.74) is 0.237. The molecule has 1 N–H and O–H groups in total. The predicted molar refractivity (Wildman–Crippen MR) is 105 cm³/mol. The monoisotopic (exact) mass is 413 g/mol. The molecule has 0 unspecified atom stereocenters. The Kier molecular flexibility index (Phi) is 7.32. The molecule has 1 aromatic rings. The molecule has 0 amide bonds. The number of β-amino-alcohol motifs (C(OH)–C–C–N with tert-alkyl or cyclic N) is 1. The lowest BCUT2D eigenvalue weighted by Crippen LogP contribution is -2.60. The first-order chi connectivity index (χ1) is 11.7. The number of halogens is 1. The number of piperidine rings is 1. The van der Waals surface area contributed by atoms with Crippen LogP contribution in [-0.2, 0) is 4.74 Å². The highest BCUT2D eigenvalue weighted by molar-refractivity contribution is 9.10. The summed E-state index contributed by atoms with van der Waals surface area (Å²) in [7, 11) is 0. The normalized spacial score (nSPS) is 21.0. The van der Waals surface area contributed by atoms with Crippen LogP contribution in [0.5, 0.6) is 5.75 Å². The number of aliphatic hydroxyl groups is 1. The molecule has 1 atom stereocenters. The Morgan fingerprint density at radius 1 is 1.08 bits per heavy atom. The molecule has 1 aromatic carbocycles. The fourth-order valence-corrected chi connectivity index (χ4v) is 4.03. The first kappa shape index (κ1) is 20.7. The van der Waals surface area contributed by atoms with Crippen molar-refractivity contribution < 1.29 is 14.6 Å². The lowest BCUT2D eigenvalue weighted by molar-refractivity contribution is -0.0710. The highest BCUT2D eigenvalue weighted by Gasteiger charge is 2.41. The molecular weight excluding hydrogens is 382 g/mol. The van der Waals surface area contributed by atoms with Crippen LogP contribution in [0.1, 0.15) is 47.0 Å². The lowest BCUT2D eigenvalue weighted by atomic mass is 9.79. The van der Waals surface area contributed by atoms with Gasteiger partial charge in [-0.25, -0.2) is 0 Å². The van der Waals surface area contributed by atoms with Crippen LogP contribution in [0.3, 0.4) is 0 Å². The Morgan fingerprint density at radius 2 is 1.68 bits per heavy atom. The van der Waals surface area contributed by atoms with E-state index in [0.717, 1.165) is 10.2 Å². The van der Waals surface area contributed by atoms with Crippen LogP contribution in [0, 0.1) is 0 Å². The molecule has 0 bridgehead atoms. The van der Waals surface area contributed by atoms with Crippen molar-refractivity contribution >= 4 is 15.9 Å². The van der Waals surface area contributed by atoms with Gasteiger partial charge in [-0.05, 0) is 71.2 Å². The van der Waals surface area contributed by atoms with Gasteiger partial charge in [0.05, 0.1) is 19.3 Å². The SMILES string of the molecule is CC1(C)CCCC(C)(C)N1C[C@H](O)COCCOc1ccc(Br)cc1. The molecule has 1 heterocycles. The quantitative estimate of drug-likeness (QED) is 0.646. The lowest BCUT2D eigenvalue weighted by Gasteiger charge is -2.53. The van der Waals surface area contributed by atoms with Gasteiger partial charge in [-0.2, -0.15) is 0 Å². The molecule has 25 heavy (non-hydrogen) atoms. The number of hydrogen-bond donors (Lipinski definition) is 1. The summed E-state index contributed by atoms with van der Waals surface area (Å²) < 4.78 is 12.3. The van der Waals surface area contributed by atoms with Crippen LogP contribution in [0.4, 0.5) is 0 Å². The molecule has 1 aliphatic rings. The van der Waals surface area contributed by atoms with E-state index in [1.54, 1.807) is 0 Å². The molecule has 0 aromatic heterocycles. The second kappa shape index (κ2) is 8.85. The maximum atomic E-state index is 10.4. The van der Waals surface area contributed by atoms with Crippen molar-refractivity contribution in [3.8, 4) is 5.75 Å². The van der Waals surface area contributed by atoms with E-state index >= 15 is 0 Å². The molecule has 0 spiro atoms. The number of nitrogens with zero attached hydrogens (tertiary/aromatic N) is 1. The van der Waals surface area contributed by atoms with Gasteiger partial charge in [0.1, 0.15) is 12.4 Å². The van der Waals surface area contributed by atoms with Gasteiger partial charge >= 0.3 is 0 Å².